The Morgan fingerprint density at radius 1 is 1.47 bits per heavy atom. The van der Waals surface area contributed by atoms with Crippen molar-refractivity contribution in [3.8, 4) is 5.88 Å². The smallest absolute Gasteiger partial charge is 0.243 e. The first-order valence-electron chi connectivity index (χ1n) is 5.62. The highest BCUT2D eigenvalue weighted by Gasteiger charge is 2.16. The zero-order valence-electron chi connectivity index (χ0n) is 9.46. The van der Waals surface area contributed by atoms with Gasteiger partial charge in [-0.05, 0) is 19.3 Å². The third-order valence-corrected chi connectivity index (χ3v) is 2.77. The highest BCUT2D eigenvalue weighted by molar-refractivity contribution is 7.80. The fourth-order valence-electron chi connectivity index (χ4n) is 1.71. The molecule has 92 valence electrons. The summed E-state index contributed by atoms with van der Waals surface area (Å²) in [5.41, 5.74) is 5.97. The molecule has 0 aromatic carbocycles. The maximum absolute atomic E-state index is 5.57. The van der Waals surface area contributed by atoms with E-state index in [4.69, 9.17) is 27.4 Å². The van der Waals surface area contributed by atoms with Crippen molar-refractivity contribution in [1.29, 1.82) is 0 Å². The lowest BCUT2D eigenvalue weighted by Gasteiger charge is -2.22. The predicted octanol–water partition coefficient (Wildman–Crippen LogP) is 1.06. The Bertz CT molecular complexity index is 394. The summed E-state index contributed by atoms with van der Waals surface area (Å²) in [5, 5.41) is 0. The van der Waals surface area contributed by atoms with Crippen LogP contribution in [0.25, 0.3) is 0 Å². The first-order valence-corrected chi connectivity index (χ1v) is 6.03. The lowest BCUT2D eigenvalue weighted by molar-refractivity contribution is -0.0120. The molecule has 0 spiro atoms. The predicted molar refractivity (Wildman–Crippen MR) is 67.0 cm³/mol. The van der Waals surface area contributed by atoms with Crippen LogP contribution in [0, 0.1) is 0 Å². The molecule has 1 aromatic rings. The number of rotatable bonds is 4. The van der Waals surface area contributed by atoms with Crippen molar-refractivity contribution in [2.75, 3.05) is 13.2 Å². The average Bonchev–Trinajstić information content (AvgIpc) is 2.38. The van der Waals surface area contributed by atoms with Crippen LogP contribution in [0.1, 0.15) is 25.0 Å². The van der Waals surface area contributed by atoms with Crippen molar-refractivity contribution in [3.63, 3.8) is 0 Å². The van der Waals surface area contributed by atoms with Gasteiger partial charge in [-0.2, -0.15) is 0 Å². The second kappa shape index (κ2) is 5.88. The fourth-order valence-corrected chi connectivity index (χ4v) is 1.85. The van der Waals surface area contributed by atoms with Gasteiger partial charge >= 0.3 is 0 Å². The summed E-state index contributed by atoms with van der Waals surface area (Å²) in [5.74, 6) is 0.383. The molecule has 1 saturated heterocycles. The summed E-state index contributed by atoms with van der Waals surface area (Å²) in [7, 11) is 0. The van der Waals surface area contributed by atoms with Crippen molar-refractivity contribution < 1.29 is 9.47 Å². The summed E-state index contributed by atoms with van der Waals surface area (Å²) in [6.45, 7) is 1.27. The Morgan fingerprint density at radius 2 is 2.29 bits per heavy atom. The number of nitrogens with two attached hydrogens (primary N) is 1. The second-order valence-corrected chi connectivity index (χ2v) is 4.31. The number of thiocarbonyl (C=S) groups is 1. The first kappa shape index (κ1) is 12.2. The standard InChI is InChI=1S/C11H15N3O2S/c12-10(17)9-11(14-5-4-13-9)16-7-8-3-1-2-6-15-8/h4-5,8H,1-3,6-7H2,(H2,12,17). The molecule has 1 atom stereocenters. The molecule has 17 heavy (non-hydrogen) atoms. The SMILES string of the molecule is NC(=S)c1nccnc1OCC1CCCCO1. The van der Waals surface area contributed by atoms with Gasteiger partial charge in [-0.1, -0.05) is 12.2 Å². The molecule has 1 fully saturated rings. The van der Waals surface area contributed by atoms with E-state index in [0.717, 1.165) is 19.4 Å². The van der Waals surface area contributed by atoms with E-state index in [9.17, 15) is 0 Å². The summed E-state index contributed by atoms with van der Waals surface area (Å²) in [6.07, 6.45) is 6.54. The van der Waals surface area contributed by atoms with Crippen LogP contribution >= 0.6 is 12.2 Å². The Morgan fingerprint density at radius 3 is 3.00 bits per heavy atom. The van der Waals surface area contributed by atoms with Crippen molar-refractivity contribution in [1.82, 2.24) is 9.97 Å². The molecule has 2 rings (SSSR count). The molecule has 2 heterocycles. The molecular formula is C11H15N3O2S. The molecule has 1 unspecified atom stereocenters. The van der Waals surface area contributed by atoms with E-state index < -0.39 is 0 Å². The van der Waals surface area contributed by atoms with Gasteiger partial charge in [0.05, 0.1) is 6.10 Å². The molecule has 2 N–H and O–H groups in total. The minimum atomic E-state index is 0.130. The lowest BCUT2D eigenvalue weighted by Crippen LogP contribution is -2.27. The van der Waals surface area contributed by atoms with Gasteiger partial charge in [-0.25, -0.2) is 9.97 Å². The topological polar surface area (TPSA) is 70.3 Å². The maximum atomic E-state index is 5.57. The van der Waals surface area contributed by atoms with Crippen molar-refractivity contribution >= 4 is 17.2 Å². The molecule has 0 amide bonds. The molecule has 0 aliphatic carbocycles. The average molecular weight is 253 g/mol. The van der Waals surface area contributed by atoms with Crippen LogP contribution < -0.4 is 10.5 Å². The summed E-state index contributed by atoms with van der Waals surface area (Å²) in [6, 6.07) is 0. The molecule has 1 aromatic heterocycles. The number of aromatic nitrogens is 2. The van der Waals surface area contributed by atoms with E-state index >= 15 is 0 Å². The highest BCUT2D eigenvalue weighted by Crippen LogP contribution is 2.16. The van der Waals surface area contributed by atoms with Crippen LogP contribution in [0.15, 0.2) is 12.4 Å². The Kier molecular flexibility index (Phi) is 4.22. The molecule has 0 saturated carbocycles. The van der Waals surface area contributed by atoms with Gasteiger partial charge in [0.15, 0.2) is 5.69 Å². The molecule has 6 heteroatoms. The van der Waals surface area contributed by atoms with Gasteiger partial charge in [-0.15, -0.1) is 0 Å². The Labute approximate surface area is 105 Å². The number of hydrogen-bond donors (Lipinski definition) is 1. The zero-order valence-corrected chi connectivity index (χ0v) is 10.3. The van der Waals surface area contributed by atoms with Crippen LogP contribution in [-0.4, -0.2) is 34.3 Å². The molecule has 1 aliphatic heterocycles. The second-order valence-electron chi connectivity index (χ2n) is 3.87. The van der Waals surface area contributed by atoms with E-state index in [1.54, 1.807) is 12.4 Å². The van der Waals surface area contributed by atoms with Crippen molar-refractivity contribution in [2.24, 2.45) is 5.73 Å². The summed E-state index contributed by atoms with van der Waals surface area (Å²) < 4.78 is 11.1. The molecule has 5 nitrogen and oxygen atoms in total. The van der Waals surface area contributed by atoms with E-state index in [0.29, 0.717) is 18.2 Å². The minimum Gasteiger partial charge on any atom is -0.473 e. The Balaban J connectivity index is 1.96. The molecule has 0 radical (unpaired) electrons. The monoisotopic (exact) mass is 253 g/mol. The van der Waals surface area contributed by atoms with E-state index in [1.165, 1.54) is 6.42 Å². The fraction of sp³-hybridized carbons (Fsp3) is 0.545. The normalized spacial score (nSPS) is 19.9. The number of nitrogens with zero attached hydrogens (tertiary/aromatic N) is 2. The Hall–Kier alpha value is -1.27. The lowest BCUT2D eigenvalue weighted by atomic mass is 10.1. The largest absolute Gasteiger partial charge is 0.473 e. The third-order valence-electron chi connectivity index (χ3n) is 2.58. The molecule has 1 aliphatic rings. The van der Waals surface area contributed by atoms with E-state index in [-0.39, 0.29) is 11.1 Å². The third kappa shape index (κ3) is 3.34. The minimum absolute atomic E-state index is 0.130. The summed E-state index contributed by atoms with van der Waals surface area (Å²) in [4.78, 5) is 8.32. The van der Waals surface area contributed by atoms with Crippen LogP contribution in [0.4, 0.5) is 0 Å². The van der Waals surface area contributed by atoms with E-state index in [1.807, 2.05) is 0 Å². The van der Waals surface area contributed by atoms with Crippen molar-refractivity contribution in [2.45, 2.75) is 25.4 Å². The van der Waals surface area contributed by atoms with Gasteiger partial charge in [0.25, 0.3) is 0 Å². The first-order chi connectivity index (χ1) is 8.27. The van der Waals surface area contributed by atoms with Crippen LogP contribution in [0.5, 0.6) is 5.88 Å². The number of ether oxygens (including phenoxy) is 2. The number of hydrogen-bond acceptors (Lipinski definition) is 5. The van der Waals surface area contributed by atoms with E-state index in [2.05, 4.69) is 9.97 Å². The van der Waals surface area contributed by atoms with Crippen molar-refractivity contribution in [3.05, 3.63) is 18.1 Å². The maximum Gasteiger partial charge on any atom is 0.243 e. The zero-order chi connectivity index (χ0) is 12.1. The van der Waals surface area contributed by atoms with Crippen LogP contribution in [0.3, 0.4) is 0 Å². The van der Waals surface area contributed by atoms with Crippen LogP contribution in [-0.2, 0) is 4.74 Å². The summed E-state index contributed by atoms with van der Waals surface area (Å²) >= 11 is 4.88. The quantitative estimate of drug-likeness (QED) is 0.809. The van der Waals surface area contributed by atoms with Gasteiger partial charge in [0.1, 0.15) is 11.6 Å². The molecule has 0 bridgehead atoms. The van der Waals surface area contributed by atoms with Gasteiger partial charge in [0.2, 0.25) is 5.88 Å². The van der Waals surface area contributed by atoms with Gasteiger partial charge in [0, 0.05) is 19.0 Å². The van der Waals surface area contributed by atoms with Gasteiger partial charge in [-0.3, -0.25) is 0 Å². The highest BCUT2D eigenvalue weighted by atomic mass is 32.1. The molecular weight excluding hydrogens is 238 g/mol. The van der Waals surface area contributed by atoms with Gasteiger partial charge < -0.3 is 15.2 Å². The van der Waals surface area contributed by atoms with Crippen LogP contribution in [0.2, 0.25) is 0 Å².